The summed E-state index contributed by atoms with van der Waals surface area (Å²) in [7, 11) is 0. The number of carbonyl (C=O) groups is 1. The van der Waals surface area contributed by atoms with Crippen molar-refractivity contribution in [2.45, 2.75) is 19.4 Å². The highest BCUT2D eigenvalue weighted by Gasteiger charge is 2.10. The van der Waals surface area contributed by atoms with Crippen LogP contribution in [0.1, 0.15) is 28.8 Å². The lowest BCUT2D eigenvalue weighted by Gasteiger charge is -2.26. The molecular weight excluding hydrogens is 376 g/mol. The van der Waals surface area contributed by atoms with Crippen LogP contribution in [0.15, 0.2) is 48.5 Å². The van der Waals surface area contributed by atoms with Crippen molar-refractivity contribution in [3.8, 4) is 5.75 Å². The molecule has 1 fully saturated rings. The van der Waals surface area contributed by atoms with Crippen LogP contribution in [-0.4, -0.2) is 50.2 Å². The third kappa shape index (κ3) is 6.82. The first-order valence-corrected chi connectivity index (χ1v) is 10.1. The van der Waals surface area contributed by atoms with Gasteiger partial charge in [-0.05, 0) is 55.3 Å². The molecule has 1 N–H and O–H groups in total. The van der Waals surface area contributed by atoms with Crippen LogP contribution in [0.4, 0.5) is 0 Å². The van der Waals surface area contributed by atoms with Gasteiger partial charge in [0.2, 0.25) is 0 Å². The predicted molar refractivity (Wildman–Crippen MR) is 111 cm³/mol. The molecule has 0 unspecified atom stereocenters. The molecule has 28 heavy (non-hydrogen) atoms. The van der Waals surface area contributed by atoms with Crippen LogP contribution < -0.4 is 10.1 Å². The number of nitrogens with zero attached hydrogens (tertiary/aromatic N) is 1. The second-order valence-corrected chi connectivity index (χ2v) is 7.30. The van der Waals surface area contributed by atoms with Gasteiger partial charge in [0, 0.05) is 30.2 Å². The van der Waals surface area contributed by atoms with Crippen LogP contribution in [-0.2, 0) is 11.3 Å². The van der Waals surface area contributed by atoms with Crippen molar-refractivity contribution in [3.63, 3.8) is 0 Å². The molecule has 1 heterocycles. The van der Waals surface area contributed by atoms with Crippen LogP contribution in [0, 0.1) is 0 Å². The lowest BCUT2D eigenvalue weighted by atomic mass is 10.2. The third-order valence-electron chi connectivity index (χ3n) is 4.68. The monoisotopic (exact) mass is 402 g/mol. The second-order valence-electron chi connectivity index (χ2n) is 6.86. The van der Waals surface area contributed by atoms with Crippen LogP contribution in [0.3, 0.4) is 0 Å². The molecule has 1 aliphatic heterocycles. The molecule has 2 aromatic rings. The first-order valence-electron chi connectivity index (χ1n) is 9.76. The Hall–Kier alpha value is -2.08. The number of morpholine rings is 1. The number of halogens is 1. The molecule has 0 saturated carbocycles. The van der Waals surface area contributed by atoms with Crippen LogP contribution >= 0.6 is 11.6 Å². The third-order valence-corrected chi connectivity index (χ3v) is 4.92. The molecule has 150 valence electrons. The Morgan fingerprint density at radius 3 is 2.75 bits per heavy atom. The van der Waals surface area contributed by atoms with Gasteiger partial charge in [0.05, 0.1) is 13.2 Å². The van der Waals surface area contributed by atoms with Crippen molar-refractivity contribution < 1.29 is 14.3 Å². The molecule has 2 aromatic carbocycles. The summed E-state index contributed by atoms with van der Waals surface area (Å²) in [5, 5.41) is 3.67. The first-order chi connectivity index (χ1) is 13.7. The van der Waals surface area contributed by atoms with Crippen molar-refractivity contribution in [1.82, 2.24) is 10.2 Å². The number of carbonyl (C=O) groups excluding carboxylic acids is 1. The van der Waals surface area contributed by atoms with Crippen molar-refractivity contribution in [3.05, 3.63) is 64.7 Å². The highest BCUT2D eigenvalue weighted by Crippen LogP contribution is 2.17. The Morgan fingerprint density at radius 2 is 1.93 bits per heavy atom. The molecule has 0 radical (unpaired) electrons. The van der Waals surface area contributed by atoms with Crippen LogP contribution in [0.2, 0.25) is 5.02 Å². The summed E-state index contributed by atoms with van der Waals surface area (Å²) in [6, 6.07) is 14.8. The van der Waals surface area contributed by atoms with Gasteiger partial charge < -0.3 is 14.8 Å². The van der Waals surface area contributed by atoms with Crippen molar-refractivity contribution >= 4 is 17.5 Å². The highest BCUT2D eigenvalue weighted by atomic mass is 35.5. The van der Waals surface area contributed by atoms with E-state index in [1.54, 1.807) is 12.1 Å². The SMILES string of the molecule is O=C(NCCCCN1CCOCC1)c1cccc(OCc2cccc(Cl)c2)c1. The topological polar surface area (TPSA) is 50.8 Å². The van der Waals surface area contributed by atoms with Gasteiger partial charge in [-0.3, -0.25) is 9.69 Å². The van der Waals surface area contributed by atoms with Crippen molar-refractivity contribution in [1.29, 1.82) is 0 Å². The summed E-state index contributed by atoms with van der Waals surface area (Å²) in [5.41, 5.74) is 1.60. The summed E-state index contributed by atoms with van der Waals surface area (Å²) in [6.45, 7) is 5.82. The van der Waals surface area contributed by atoms with E-state index in [0.29, 0.717) is 29.5 Å². The van der Waals surface area contributed by atoms with E-state index in [2.05, 4.69) is 10.2 Å². The number of nitrogens with one attached hydrogen (secondary N) is 1. The van der Waals surface area contributed by atoms with E-state index in [0.717, 1.165) is 51.3 Å². The fraction of sp³-hybridized carbons (Fsp3) is 0.409. The number of hydrogen-bond donors (Lipinski definition) is 1. The van der Waals surface area contributed by atoms with E-state index in [1.165, 1.54) is 0 Å². The van der Waals surface area contributed by atoms with E-state index >= 15 is 0 Å². The van der Waals surface area contributed by atoms with Crippen LogP contribution in [0.5, 0.6) is 5.75 Å². The molecule has 0 aromatic heterocycles. The van der Waals surface area contributed by atoms with Gasteiger partial charge in [-0.2, -0.15) is 0 Å². The number of amides is 1. The minimum Gasteiger partial charge on any atom is -0.489 e. The molecule has 0 bridgehead atoms. The Labute approximate surface area is 171 Å². The minimum absolute atomic E-state index is 0.0698. The normalized spacial score (nSPS) is 14.6. The zero-order valence-electron chi connectivity index (χ0n) is 16.0. The maximum absolute atomic E-state index is 12.4. The number of rotatable bonds is 9. The standard InChI is InChI=1S/C22H27ClN2O3/c23-20-7-3-5-18(15-20)17-28-21-8-4-6-19(16-21)22(26)24-9-1-2-10-25-11-13-27-14-12-25/h3-8,15-16H,1-2,9-14,17H2,(H,24,26). The fourth-order valence-corrected chi connectivity index (χ4v) is 3.32. The number of unbranched alkanes of at least 4 members (excludes halogenated alkanes) is 1. The Balaban J connectivity index is 1.39. The lowest BCUT2D eigenvalue weighted by Crippen LogP contribution is -2.37. The maximum Gasteiger partial charge on any atom is 0.251 e. The second kappa shape index (κ2) is 11.1. The zero-order valence-corrected chi connectivity index (χ0v) is 16.8. The van der Waals surface area contributed by atoms with Gasteiger partial charge in [0.1, 0.15) is 12.4 Å². The number of ether oxygens (including phenoxy) is 2. The lowest BCUT2D eigenvalue weighted by molar-refractivity contribution is 0.0372. The summed E-state index contributed by atoms with van der Waals surface area (Å²) < 4.78 is 11.1. The van der Waals surface area contributed by atoms with E-state index < -0.39 is 0 Å². The molecule has 0 aliphatic carbocycles. The summed E-state index contributed by atoms with van der Waals surface area (Å²) in [6.07, 6.45) is 2.04. The maximum atomic E-state index is 12.4. The first kappa shape index (κ1) is 20.6. The molecule has 1 aliphatic rings. The van der Waals surface area contributed by atoms with Gasteiger partial charge in [0.15, 0.2) is 0 Å². The predicted octanol–water partition coefficient (Wildman–Crippen LogP) is 3.76. The Kier molecular flexibility index (Phi) is 8.15. The largest absolute Gasteiger partial charge is 0.489 e. The molecular formula is C22H27ClN2O3. The van der Waals surface area contributed by atoms with Crippen molar-refractivity contribution in [2.24, 2.45) is 0 Å². The average Bonchev–Trinajstić information content (AvgIpc) is 2.73. The highest BCUT2D eigenvalue weighted by molar-refractivity contribution is 6.30. The minimum atomic E-state index is -0.0698. The quantitative estimate of drug-likeness (QED) is 0.649. The summed E-state index contributed by atoms with van der Waals surface area (Å²) in [4.78, 5) is 14.8. The van der Waals surface area contributed by atoms with E-state index in [9.17, 15) is 4.79 Å². The zero-order chi connectivity index (χ0) is 19.6. The van der Waals surface area contributed by atoms with E-state index in [1.807, 2.05) is 36.4 Å². The van der Waals surface area contributed by atoms with Gasteiger partial charge >= 0.3 is 0 Å². The van der Waals surface area contributed by atoms with Gasteiger partial charge in [-0.25, -0.2) is 0 Å². The van der Waals surface area contributed by atoms with Gasteiger partial charge in [0.25, 0.3) is 5.91 Å². The molecule has 0 spiro atoms. The molecule has 6 heteroatoms. The van der Waals surface area contributed by atoms with Crippen molar-refractivity contribution in [2.75, 3.05) is 39.4 Å². The van der Waals surface area contributed by atoms with Gasteiger partial charge in [-0.1, -0.05) is 29.8 Å². The Bertz CT molecular complexity index is 763. The Morgan fingerprint density at radius 1 is 1.11 bits per heavy atom. The molecule has 5 nitrogen and oxygen atoms in total. The molecule has 3 rings (SSSR count). The fourth-order valence-electron chi connectivity index (χ4n) is 3.11. The smallest absolute Gasteiger partial charge is 0.251 e. The van der Waals surface area contributed by atoms with E-state index in [4.69, 9.17) is 21.1 Å². The number of hydrogen-bond acceptors (Lipinski definition) is 4. The summed E-state index contributed by atoms with van der Waals surface area (Å²) in [5.74, 6) is 0.597. The number of benzene rings is 2. The molecule has 0 atom stereocenters. The average molecular weight is 403 g/mol. The van der Waals surface area contributed by atoms with Crippen LogP contribution in [0.25, 0.3) is 0 Å². The van der Waals surface area contributed by atoms with Gasteiger partial charge in [-0.15, -0.1) is 0 Å². The summed E-state index contributed by atoms with van der Waals surface area (Å²) >= 11 is 5.99. The molecule has 1 saturated heterocycles. The van der Waals surface area contributed by atoms with E-state index in [-0.39, 0.29) is 5.91 Å². The molecule has 1 amide bonds.